The average Bonchev–Trinajstić information content (AvgIpc) is 2.69. The lowest BCUT2D eigenvalue weighted by atomic mass is 10.1. The van der Waals surface area contributed by atoms with E-state index < -0.39 is 19.9 Å². The Morgan fingerprint density at radius 1 is 0.929 bits per heavy atom. The first kappa shape index (κ1) is 20.9. The summed E-state index contributed by atoms with van der Waals surface area (Å²) in [7, 11) is -7.68. The minimum absolute atomic E-state index is 0.129. The Balaban J connectivity index is 1.87. The maximum atomic E-state index is 12.9. The highest BCUT2D eigenvalue weighted by Gasteiger charge is 2.27. The van der Waals surface area contributed by atoms with Gasteiger partial charge in [-0.2, -0.15) is 0 Å². The zero-order valence-electron chi connectivity index (χ0n) is 15.6. The molecular formula is C19H24N2O5S2. The minimum atomic E-state index is -4.00. The van der Waals surface area contributed by atoms with E-state index in [2.05, 4.69) is 9.62 Å². The molecule has 0 amide bonds. The molecule has 1 aliphatic heterocycles. The van der Waals surface area contributed by atoms with Gasteiger partial charge in [-0.25, -0.2) is 21.6 Å². The minimum Gasteiger partial charge on any atom is -0.379 e. The van der Waals surface area contributed by atoms with Crippen LogP contribution in [-0.2, 0) is 24.6 Å². The van der Waals surface area contributed by atoms with E-state index in [1.165, 1.54) is 24.3 Å². The van der Waals surface area contributed by atoms with Gasteiger partial charge in [-0.1, -0.05) is 42.5 Å². The van der Waals surface area contributed by atoms with Gasteiger partial charge in [0.05, 0.1) is 18.1 Å². The van der Waals surface area contributed by atoms with Crippen LogP contribution in [0.15, 0.2) is 64.4 Å². The van der Waals surface area contributed by atoms with Crippen LogP contribution in [0.5, 0.6) is 0 Å². The molecule has 1 heterocycles. The molecule has 1 aliphatic rings. The number of hydrogen-bond acceptors (Lipinski definition) is 6. The third kappa shape index (κ3) is 4.98. The lowest BCUT2D eigenvalue weighted by Gasteiger charge is -2.34. The number of sulfonamides is 1. The molecule has 7 nitrogen and oxygen atoms in total. The van der Waals surface area contributed by atoms with E-state index in [9.17, 15) is 16.8 Å². The second kappa shape index (κ2) is 8.71. The fourth-order valence-corrected chi connectivity index (χ4v) is 5.93. The molecule has 2 aromatic rings. The molecule has 152 valence electrons. The molecule has 28 heavy (non-hydrogen) atoms. The van der Waals surface area contributed by atoms with Gasteiger partial charge in [-0.3, -0.25) is 4.90 Å². The van der Waals surface area contributed by atoms with Crippen LogP contribution in [0.25, 0.3) is 0 Å². The zero-order chi connectivity index (χ0) is 20.2. The van der Waals surface area contributed by atoms with Crippen LogP contribution in [0.3, 0.4) is 0 Å². The number of nitrogens with one attached hydrogen (secondary N) is 1. The molecule has 0 bridgehead atoms. The number of sulfone groups is 1. The van der Waals surface area contributed by atoms with E-state index in [1.807, 2.05) is 30.3 Å². The van der Waals surface area contributed by atoms with Crippen LogP contribution in [-0.4, -0.2) is 60.8 Å². The summed E-state index contributed by atoms with van der Waals surface area (Å²) in [5, 5.41) is 0. The van der Waals surface area contributed by atoms with Crippen LogP contribution >= 0.6 is 0 Å². The molecule has 9 heteroatoms. The van der Waals surface area contributed by atoms with Gasteiger partial charge < -0.3 is 4.74 Å². The SMILES string of the molecule is CS(=O)(=O)c1ccccc1S(=O)(=O)NCC(c1ccccc1)N1CCOCC1. The quantitative estimate of drug-likeness (QED) is 0.723. The van der Waals surface area contributed by atoms with Crippen LogP contribution in [0.1, 0.15) is 11.6 Å². The molecule has 1 N–H and O–H groups in total. The summed E-state index contributed by atoms with van der Waals surface area (Å²) >= 11 is 0. The normalized spacial score (nSPS) is 17.3. The van der Waals surface area contributed by atoms with Gasteiger partial charge in [-0.05, 0) is 17.7 Å². The first-order valence-electron chi connectivity index (χ1n) is 8.94. The van der Waals surface area contributed by atoms with Crippen molar-refractivity contribution in [1.29, 1.82) is 0 Å². The molecule has 3 rings (SSSR count). The third-order valence-corrected chi connectivity index (χ3v) is 7.44. The fraction of sp³-hybridized carbons (Fsp3) is 0.368. The summed E-state index contributed by atoms with van der Waals surface area (Å²) in [5.41, 5.74) is 0.989. The Hall–Kier alpha value is -1.78. The largest absolute Gasteiger partial charge is 0.379 e. The molecule has 0 saturated carbocycles. The summed E-state index contributed by atoms with van der Waals surface area (Å²) in [6, 6.07) is 15.1. The van der Waals surface area contributed by atoms with E-state index >= 15 is 0 Å². The number of benzene rings is 2. The predicted octanol–water partition coefficient (Wildman–Crippen LogP) is 1.44. The molecule has 0 aromatic heterocycles. The molecule has 1 fully saturated rings. The fourth-order valence-electron chi connectivity index (χ4n) is 3.27. The number of hydrogen-bond donors (Lipinski definition) is 1. The monoisotopic (exact) mass is 424 g/mol. The van der Waals surface area contributed by atoms with Crippen molar-refractivity contribution in [3.05, 3.63) is 60.2 Å². The van der Waals surface area contributed by atoms with Crippen LogP contribution in [0.4, 0.5) is 0 Å². The van der Waals surface area contributed by atoms with E-state index in [1.54, 1.807) is 0 Å². The number of ether oxygens (including phenoxy) is 1. The van der Waals surface area contributed by atoms with Crippen molar-refractivity contribution >= 4 is 19.9 Å². The van der Waals surface area contributed by atoms with Crippen molar-refractivity contribution in [2.45, 2.75) is 15.8 Å². The lowest BCUT2D eigenvalue weighted by molar-refractivity contribution is 0.0172. The maximum Gasteiger partial charge on any atom is 0.241 e. The Morgan fingerprint density at radius 2 is 1.50 bits per heavy atom. The van der Waals surface area contributed by atoms with E-state index in [-0.39, 0.29) is 22.4 Å². The summed E-state index contributed by atoms with van der Waals surface area (Å²) in [6.45, 7) is 2.70. The second-order valence-corrected chi connectivity index (χ2v) is 10.4. The Labute approximate surface area is 166 Å². The van der Waals surface area contributed by atoms with Crippen molar-refractivity contribution < 1.29 is 21.6 Å². The topological polar surface area (TPSA) is 92.8 Å². The highest BCUT2D eigenvalue weighted by molar-refractivity contribution is 7.93. The number of nitrogens with zero attached hydrogens (tertiary/aromatic N) is 1. The van der Waals surface area contributed by atoms with Crippen molar-refractivity contribution in [2.75, 3.05) is 39.1 Å². The standard InChI is InChI=1S/C19H24N2O5S2/c1-27(22,23)18-9-5-6-10-19(18)28(24,25)20-15-17(16-7-3-2-4-8-16)21-11-13-26-14-12-21/h2-10,17,20H,11-15H2,1H3. The first-order chi connectivity index (χ1) is 13.3. The Morgan fingerprint density at radius 3 is 2.11 bits per heavy atom. The lowest BCUT2D eigenvalue weighted by Crippen LogP contribution is -2.43. The molecule has 2 aromatic carbocycles. The van der Waals surface area contributed by atoms with Crippen LogP contribution in [0, 0.1) is 0 Å². The number of morpholine rings is 1. The van der Waals surface area contributed by atoms with Gasteiger partial charge in [0, 0.05) is 31.9 Å². The van der Waals surface area contributed by atoms with Crippen molar-refractivity contribution in [2.24, 2.45) is 0 Å². The van der Waals surface area contributed by atoms with Gasteiger partial charge in [0.1, 0.15) is 4.90 Å². The van der Waals surface area contributed by atoms with E-state index in [4.69, 9.17) is 4.74 Å². The Bertz CT molecular complexity index is 1000. The van der Waals surface area contributed by atoms with E-state index in [0.717, 1.165) is 11.8 Å². The molecule has 1 unspecified atom stereocenters. The van der Waals surface area contributed by atoms with Crippen molar-refractivity contribution in [3.63, 3.8) is 0 Å². The molecule has 1 atom stereocenters. The first-order valence-corrected chi connectivity index (χ1v) is 12.3. The zero-order valence-corrected chi connectivity index (χ0v) is 17.2. The van der Waals surface area contributed by atoms with Gasteiger partial charge in [0.2, 0.25) is 10.0 Å². The summed E-state index contributed by atoms with van der Waals surface area (Å²) < 4.78 is 57.8. The van der Waals surface area contributed by atoms with Gasteiger partial charge in [-0.15, -0.1) is 0 Å². The molecule has 1 saturated heterocycles. The van der Waals surface area contributed by atoms with E-state index in [0.29, 0.717) is 26.3 Å². The molecule has 0 aliphatic carbocycles. The predicted molar refractivity (Wildman–Crippen MR) is 106 cm³/mol. The van der Waals surface area contributed by atoms with Gasteiger partial charge >= 0.3 is 0 Å². The van der Waals surface area contributed by atoms with Crippen LogP contribution < -0.4 is 4.72 Å². The van der Waals surface area contributed by atoms with Crippen molar-refractivity contribution in [1.82, 2.24) is 9.62 Å². The van der Waals surface area contributed by atoms with Crippen molar-refractivity contribution in [3.8, 4) is 0 Å². The summed E-state index contributed by atoms with van der Waals surface area (Å²) in [4.78, 5) is 1.74. The molecular weight excluding hydrogens is 400 g/mol. The van der Waals surface area contributed by atoms with Gasteiger partial charge in [0.25, 0.3) is 0 Å². The highest BCUT2D eigenvalue weighted by Crippen LogP contribution is 2.24. The molecule has 0 radical (unpaired) electrons. The van der Waals surface area contributed by atoms with Crippen LogP contribution in [0.2, 0.25) is 0 Å². The maximum absolute atomic E-state index is 12.9. The summed E-state index contributed by atoms with van der Waals surface area (Å²) in [5.74, 6) is 0. The number of rotatable bonds is 7. The average molecular weight is 425 g/mol. The Kier molecular flexibility index (Phi) is 6.51. The highest BCUT2D eigenvalue weighted by atomic mass is 32.2. The second-order valence-electron chi connectivity index (χ2n) is 6.65. The third-order valence-electron chi connectivity index (χ3n) is 4.68. The molecule has 0 spiro atoms. The smallest absolute Gasteiger partial charge is 0.241 e. The van der Waals surface area contributed by atoms with Gasteiger partial charge in [0.15, 0.2) is 9.84 Å². The summed E-state index contributed by atoms with van der Waals surface area (Å²) in [6.07, 6.45) is 1.00.